The highest BCUT2D eigenvalue weighted by atomic mass is 14.7. The third-order valence-electron chi connectivity index (χ3n) is 12.0. The van der Waals surface area contributed by atoms with E-state index in [1.54, 1.807) is 0 Å². The van der Waals surface area contributed by atoms with Crippen molar-refractivity contribution in [2.24, 2.45) is 4.99 Å². The summed E-state index contributed by atoms with van der Waals surface area (Å²) in [6.07, 6.45) is 3.83. The number of nitrogens with one attached hydrogen (secondary N) is 1. The SMILES string of the molecule is CC1(C)c2ccc(-c3cccc(-c4ccc(C=N/C(=C\C(=N)c5ccccc5)c5cccc(-c6ccccc6)c5)c5ccccc45)c3)cc2-c2c1ccc1ccccc21. The molecule has 0 saturated heterocycles. The maximum absolute atomic E-state index is 9.01. The highest BCUT2D eigenvalue weighted by Crippen LogP contribution is 2.52. The van der Waals surface area contributed by atoms with Crippen molar-refractivity contribution in [3.05, 3.63) is 234 Å². The lowest BCUT2D eigenvalue weighted by Crippen LogP contribution is -2.14. The second-order valence-electron chi connectivity index (χ2n) is 15.9. The molecule has 1 aliphatic rings. The molecule has 0 unspecified atom stereocenters. The maximum Gasteiger partial charge on any atom is 0.0723 e. The zero-order chi connectivity index (χ0) is 39.9. The summed E-state index contributed by atoms with van der Waals surface area (Å²) in [7, 11) is 0. The van der Waals surface area contributed by atoms with Crippen LogP contribution in [0.25, 0.3) is 71.7 Å². The van der Waals surface area contributed by atoms with Crippen LogP contribution in [0.1, 0.15) is 41.7 Å². The number of hydrogen-bond acceptors (Lipinski definition) is 2. The number of hydrogen-bond donors (Lipinski definition) is 1. The molecule has 0 fully saturated rings. The van der Waals surface area contributed by atoms with Gasteiger partial charge >= 0.3 is 0 Å². The monoisotopic (exact) mass is 754 g/mol. The highest BCUT2D eigenvalue weighted by molar-refractivity contribution is 6.12. The third kappa shape index (κ3) is 6.59. The average molecular weight is 755 g/mol. The normalized spacial score (nSPS) is 13.2. The highest BCUT2D eigenvalue weighted by Gasteiger charge is 2.36. The van der Waals surface area contributed by atoms with Crippen LogP contribution in [0, 0.1) is 5.41 Å². The van der Waals surface area contributed by atoms with E-state index in [-0.39, 0.29) is 5.41 Å². The Bertz CT molecular complexity index is 3130. The summed E-state index contributed by atoms with van der Waals surface area (Å²) in [5.74, 6) is 0. The molecule has 2 nitrogen and oxygen atoms in total. The van der Waals surface area contributed by atoms with Crippen LogP contribution in [0.15, 0.2) is 211 Å². The van der Waals surface area contributed by atoms with Gasteiger partial charge in [0, 0.05) is 22.8 Å². The number of rotatable bonds is 8. The van der Waals surface area contributed by atoms with Crippen LogP contribution in [-0.4, -0.2) is 11.9 Å². The Hall–Kier alpha value is -7.42. The number of nitrogens with zero attached hydrogens (tertiary/aromatic N) is 1. The summed E-state index contributed by atoms with van der Waals surface area (Å²) in [5, 5.41) is 13.9. The Morgan fingerprint density at radius 1 is 0.458 bits per heavy atom. The zero-order valence-electron chi connectivity index (χ0n) is 33.2. The van der Waals surface area contributed by atoms with Gasteiger partial charge in [0.05, 0.1) is 11.4 Å². The fourth-order valence-electron chi connectivity index (χ4n) is 8.92. The number of fused-ring (bicyclic) bond motifs is 6. The summed E-state index contributed by atoms with van der Waals surface area (Å²) in [5.41, 5.74) is 16.4. The van der Waals surface area contributed by atoms with Gasteiger partial charge in [0.25, 0.3) is 0 Å². The van der Waals surface area contributed by atoms with Gasteiger partial charge in [-0.2, -0.15) is 0 Å². The maximum atomic E-state index is 9.01. The molecular formula is C57H42N2. The van der Waals surface area contributed by atoms with E-state index in [9.17, 15) is 0 Å². The fraction of sp³-hybridized carbons (Fsp3) is 0.0526. The number of aliphatic imine (C=N–C) groups is 1. The van der Waals surface area contributed by atoms with Crippen molar-refractivity contribution in [2.45, 2.75) is 19.3 Å². The van der Waals surface area contributed by atoms with Gasteiger partial charge in [-0.1, -0.05) is 196 Å². The van der Waals surface area contributed by atoms with Crippen molar-refractivity contribution in [2.75, 3.05) is 0 Å². The molecular weight excluding hydrogens is 713 g/mol. The van der Waals surface area contributed by atoms with Crippen LogP contribution in [-0.2, 0) is 5.41 Å². The molecule has 0 atom stereocenters. The van der Waals surface area contributed by atoms with Gasteiger partial charge in [0.15, 0.2) is 0 Å². The van der Waals surface area contributed by atoms with Crippen LogP contribution in [0.2, 0.25) is 0 Å². The lowest BCUT2D eigenvalue weighted by atomic mass is 9.82. The minimum atomic E-state index is -0.0640. The Morgan fingerprint density at radius 2 is 1.07 bits per heavy atom. The second-order valence-corrected chi connectivity index (χ2v) is 15.9. The quantitative estimate of drug-likeness (QED) is 0.150. The predicted octanol–water partition coefficient (Wildman–Crippen LogP) is 14.8. The summed E-state index contributed by atoms with van der Waals surface area (Å²) in [4.78, 5) is 5.14. The third-order valence-corrected chi connectivity index (χ3v) is 12.0. The zero-order valence-corrected chi connectivity index (χ0v) is 33.2. The van der Waals surface area contributed by atoms with Crippen LogP contribution >= 0.6 is 0 Å². The van der Waals surface area contributed by atoms with Crippen LogP contribution in [0.4, 0.5) is 0 Å². The summed E-state index contributed by atoms with van der Waals surface area (Å²) >= 11 is 0. The van der Waals surface area contributed by atoms with Gasteiger partial charge in [-0.25, -0.2) is 0 Å². The molecule has 9 aromatic carbocycles. The Kier molecular flexibility index (Phi) is 9.03. The van der Waals surface area contributed by atoms with Gasteiger partial charge in [0.1, 0.15) is 0 Å². The van der Waals surface area contributed by atoms with E-state index in [0.717, 1.165) is 38.9 Å². The largest absolute Gasteiger partial charge is 0.300 e. The van der Waals surface area contributed by atoms with E-state index in [2.05, 4.69) is 178 Å². The first kappa shape index (κ1) is 36.0. The van der Waals surface area contributed by atoms with Gasteiger partial charge in [0.2, 0.25) is 0 Å². The van der Waals surface area contributed by atoms with Gasteiger partial charge in [-0.15, -0.1) is 0 Å². The van der Waals surface area contributed by atoms with Crippen molar-refractivity contribution in [3.63, 3.8) is 0 Å². The minimum absolute atomic E-state index is 0.0640. The summed E-state index contributed by atoms with van der Waals surface area (Å²) in [6, 6.07) is 71.0. The molecule has 1 aliphatic carbocycles. The lowest BCUT2D eigenvalue weighted by Gasteiger charge is -2.21. The first-order valence-corrected chi connectivity index (χ1v) is 20.3. The molecule has 0 saturated carbocycles. The first-order chi connectivity index (χ1) is 28.9. The van der Waals surface area contributed by atoms with Crippen molar-refractivity contribution in [1.82, 2.24) is 0 Å². The molecule has 1 N–H and O–H groups in total. The smallest absolute Gasteiger partial charge is 0.0723 e. The first-order valence-electron chi connectivity index (χ1n) is 20.3. The topological polar surface area (TPSA) is 36.2 Å². The van der Waals surface area contributed by atoms with Crippen molar-refractivity contribution >= 4 is 39.2 Å². The molecule has 10 rings (SSSR count). The summed E-state index contributed by atoms with van der Waals surface area (Å²) < 4.78 is 0. The van der Waals surface area contributed by atoms with Gasteiger partial charge < -0.3 is 5.41 Å². The van der Waals surface area contributed by atoms with E-state index in [0.29, 0.717) is 5.71 Å². The molecule has 0 heterocycles. The molecule has 9 aromatic rings. The molecule has 2 heteroatoms. The Morgan fingerprint density at radius 3 is 1.88 bits per heavy atom. The lowest BCUT2D eigenvalue weighted by molar-refractivity contribution is 0.661. The molecule has 0 bridgehead atoms. The van der Waals surface area contributed by atoms with E-state index < -0.39 is 0 Å². The van der Waals surface area contributed by atoms with Crippen LogP contribution in [0.3, 0.4) is 0 Å². The minimum Gasteiger partial charge on any atom is -0.300 e. The molecule has 59 heavy (non-hydrogen) atoms. The van der Waals surface area contributed by atoms with Crippen molar-refractivity contribution in [1.29, 1.82) is 5.41 Å². The van der Waals surface area contributed by atoms with E-state index in [1.165, 1.54) is 60.7 Å². The molecule has 0 aromatic heterocycles. The average Bonchev–Trinajstić information content (AvgIpc) is 3.53. The van der Waals surface area contributed by atoms with Gasteiger partial charge in [-0.3, -0.25) is 4.99 Å². The fourth-order valence-corrected chi connectivity index (χ4v) is 8.92. The standard InChI is InChI=1S/C57H42N2/c1-57(2)52-31-29-43(35-51(52)56-49-25-10-9-17-39(49)28-32-53(56)57)42-21-13-22-44(33-42)48-30-27-46(47-24-11-12-26-50(47)48)37-59-55(36-54(58)40-18-7-4-8-19-40)45-23-14-20-41(34-45)38-15-5-3-6-16-38/h3-37,58H,1-2H3/b55-36-,58-54?,59-37?. The van der Waals surface area contributed by atoms with E-state index >= 15 is 0 Å². The Balaban J connectivity index is 1.03. The molecule has 0 spiro atoms. The van der Waals surface area contributed by atoms with E-state index in [4.69, 9.17) is 10.4 Å². The van der Waals surface area contributed by atoms with Gasteiger partial charge in [-0.05, 0) is 107 Å². The number of benzene rings is 9. The molecule has 0 radical (unpaired) electrons. The summed E-state index contributed by atoms with van der Waals surface area (Å²) in [6.45, 7) is 4.70. The molecule has 280 valence electrons. The van der Waals surface area contributed by atoms with Crippen molar-refractivity contribution in [3.8, 4) is 44.5 Å². The van der Waals surface area contributed by atoms with E-state index in [1.807, 2.05) is 48.7 Å². The molecule has 0 amide bonds. The molecule has 0 aliphatic heterocycles. The van der Waals surface area contributed by atoms with Crippen molar-refractivity contribution < 1.29 is 0 Å². The van der Waals surface area contributed by atoms with Crippen LogP contribution in [0.5, 0.6) is 0 Å². The number of allylic oxidation sites excluding steroid dienone is 1. The predicted molar refractivity (Wildman–Crippen MR) is 251 cm³/mol. The Labute approximate surface area is 346 Å². The second kappa shape index (κ2) is 14.8. The van der Waals surface area contributed by atoms with Crippen LogP contribution < -0.4 is 0 Å².